The Hall–Kier alpha value is 1.04. The molecule has 1 saturated heterocycles. The summed E-state index contributed by atoms with van der Waals surface area (Å²) in [5.41, 5.74) is 0. The molecule has 0 radical (unpaired) electrons. The van der Waals surface area contributed by atoms with Crippen molar-refractivity contribution in [3.05, 3.63) is 0 Å². The van der Waals surface area contributed by atoms with Crippen molar-refractivity contribution in [1.29, 1.82) is 0 Å². The van der Waals surface area contributed by atoms with Crippen LogP contribution in [0.2, 0.25) is 0 Å². The van der Waals surface area contributed by atoms with E-state index >= 15 is 0 Å². The van der Waals surface area contributed by atoms with Crippen LogP contribution in [0.3, 0.4) is 0 Å². The molecule has 1 aliphatic heterocycles. The molecule has 3 aliphatic rings. The standard InChI is InChI=1S/C18H30Cl4N2O/c19-13-2-1-12(16(21)7-13)10-25-18(9-24-6-5-23-11-24)15-4-3-14(20)8-17(15)22/h12-18,23H,1-11H2/p+1/t12?,13?,14?,15?,16?,17?,18-/m1/s1. The van der Waals surface area contributed by atoms with Crippen LogP contribution >= 0.6 is 46.4 Å². The summed E-state index contributed by atoms with van der Waals surface area (Å²) in [6, 6.07) is 0. The molecule has 2 saturated carbocycles. The number of ether oxygens (including phenoxy) is 1. The van der Waals surface area contributed by atoms with Gasteiger partial charge >= 0.3 is 0 Å². The van der Waals surface area contributed by atoms with Gasteiger partial charge in [-0.05, 0) is 44.4 Å². The third-order valence-corrected chi connectivity index (χ3v) is 7.91. The molecule has 0 amide bonds. The maximum absolute atomic E-state index is 6.69. The van der Waals surface area contributed by atoms with Gasteiger partial charge in [-0.1, -0.05) is 0 Å². The normalized spacial score (nSPS) is 41.8. The van der Waals surface area contributed by atoms with Gasteiger partial charge in [0, 0.05) is 34.0 Å². The highest BCUT2D eigenvalue weighted by Gasteiger charge is 2.37. The molecule has 0 bridgehead atoms. The summed E-state index contributed by atoms with van der Waals surface area (Å²) < 4.78 is 6.48. The fraction of sp³-hybridized carbons (Fsp3) is 1.00. The zero-order valence-corrected chi connectivity index (χ0v) is 17.8. The van der Waals surface area contributed by atoms with Gasteiger partial charge in [-0.25, -0.2) is 4.90 Å². The number of nitrogens with zero attached hydrogens (tertiary/aromatic N) is 1. The fourth-order valence-electron chi connectivity index (χ4n) is 4.45. The van der Waals surface area contributed by atoms with Gasteiger partial charge in [-0.2, -0.15) is 0 Å². The molecule has 6 unspecified atom stereocenters. The average Bonchev–Trinajstić information content (AvgIpc) is 3.06. The summed E-state index contributed by atoms with van der Waals surface area (Å²) in [4.78, 5) is 2.48. The van der Waals surface area contributed by atoms with Crippen molar-refractivity contribution < 1.29 is 10.1 Å². The van der Waals surface area contributed by atoms with Crippen LogP contribution in [-0.4, -0.2) is 65.4 Å². The predicted octanol–water partition coefficient (Wildman–Crippen LogP) is 3.24. The van der Waals surface area contributed by atoms with Crippen LogP contribution in [0.1, 0.15) is 38.5 Å². The second-order valence-corrected chi connectivity index (χ2v) is 10.3. The molecule has 2 N–H and O–H groups in total. The predicted molar refractivity (Wildman–Crippen MR) is 106 cm³/mol. The highest BCUT2D eigenvalue weighted by molar-refractivity contribution is 6.24. The zero-order chi connectivity index (χ0) is 17.8. The van der Waals surface area contributed by atoms with E-state index in [0.29, 0.717) is 11.8 Å². The van der Waals surface area contributed by atoms with Crippen molar-refractivity contribution in [2.75, 3.05) is 32.9 Å². The largest absolute Gasteiger partial charge is 0.376 e. The average molecular weight is 433 g/mol. The zero-order valence-electron chi connectivity index (χ0n) is 14.8. The summed E-state index contributed by atoms with van der Waals surface area (Å²) in [5, 5.41) is 3.02. The van der Waals surface area contributed by atoms with Crippen LogP contribution in [0.4, 0.5) is 0 Å². The van der Waals surface area contributed by atoms with E-state index in [9.17, 15) is 0 Å². The van der Waals surface area contributed by atoms with E-state index < -0.39 is 0 Å². The van der Waals surface area contributed by atoms with E-state index in [2.05, 4.69) is 10.2 Å². The SMILES string of the molecule is ClC1CCC(CO[C@H](CN2CC[NH2+]C2)C2CCC(Cl)CC2Cl)C(Cl)C1. The van der Waals surface area contributed by atoms with Gasteiger partial charge in [0.15, 0.2) is 0 Å². The van der Waals surface area contributed by atoms with Crippen molar-refractivity contribution in [2.24, 2.45) is 11.8 Å². The number of alkyl halides is 4. The van der Waals surface area contributed by atoms with Gasteiger partial charge in [-0.15, -0.1) is 46.4 Å². The number of halogens is 4. The molecule has 0 spiro atoms. The van der Waals surface area contributed by atoms with Crippen LogP contribution < -0.4 is 5.32 Å². The molecule has 1 heterocycles. The number of rotatable bonds is 6. The van der Waals surface area contributed by atoms with E-state index in [0.717, 1.165) is 64.9 Å². The minimum absolute atomic E-state index is 0.109. The molecule has 0 aromatic carbocycles. The second kappa shape index (κ2) is 10.0. The van der Waals surface area contributed by atoms with E-state index in [4.69, 9.17) is 51.1 Å². The van der Waals surface area contributed by atoms with E-state index in [-0.39, 0.29) is 27.6 Å². The van der Waals surface area contributed by atoms with Gasteiger partial charge in [0.2, 0.25) is 0 Å². The summed E-state index contributed by atoms with van der Waals surface area (Å²) in [5.74, 6) is 0.790. The number of hydrogen-bond acceptors (Lipinski definition) is 2. The molecule has 0 aromatic rings. The second-order valence-electron chi connectivity index (χ2n) is 7.99. The van der Waals surface area contributed by atoms with E-state index in [1.54, 1.807) is 0 Å². The Balaban J connectivity index is 1.57. The van der Waals surface area contributed by atoms with Crippen molar-refractivity contribution in [3.63, 3.8) is 0 Å². The summed E-state index contributed by atoms with van der Waals surface area (Å²) in [6.45, 7) is 5.06. The third-order valence-electron chi connectivity index (χ3n) is 6.08. The Morgan fingerprint density at radius 3 is 2.32 bits per heavy atom. The Morgan fingerprint density at radius 2 is 1.68 bits per heavy atom. The third kappa shape index (κ3) is 6.01. The molecule has 0 aromatic heterocycles. The Labute approximate surface area is 172 Å². The molecular weight excluding hydrogens is 402 g/mol. The van der Waals surface area contributed by atoms with Crippen molar-refractivity contribution in [2.45, 2.75) is 66.1 Å². The number of hydrogen-bond donors (Lipinski definition) is 1. The van der Waals surface area contributed by atoms with Gasteiger partial charge < -0.3 is 10.1 Å². The monoisotopic (exact) mass is 431 g/mol. The Bertz CT molecular complexity index is 411. The van der Waals surface area contributed by atoms with Crippen molar-refractivity contribution in [3.8, 4) is 0 Å². The summed E-state index contributed by atoms with van der Waals surface area (Å²) in [7, 11) is 0. The Kier molecular flexibility index (Phi) is 8.31. The van der Waals surface area contributed by atoms with Crippen LogP contribution in [0.5, 0.6) is 0 Å². The van der Waals surface area contributed by atoms with E-state index in [1.807, 2.05) is 0 Å². The van der Waals surface area contributed by atoms with Gasteiger partial charge in [0.1, 0.15) is 6.67 Å². The van der Waals surface area contributed by atoms with E-state index in [1.165, 1.54) is 6.54 Å². The number of nitrogens with two attached hydrogens (primary N) is 1. The Morgan fingerprint density at radius 1 is 0.960 bits per heavy atom. The lowest BCUT2D eigenvalue weighted by molar-refractivity contribution is -0.643. The first-order chi connectivity index (χ1) is 12.0. The van der Waals surface area contributed by atoms with Gasteiger partial charge in [0.05, 0.1) is 25.8 Å². The molecule has 25 heavy (non-hydrogen) atoms. The lowest BCUT2D eigenvalue weighted by atomic mass is 9.83. The summed E-state index contributed by atoms with van der Waals surface area (Å²) in [6.07, 6.45) is 6.15. The van der Waals surface area contributed by atoms with Gasteiger partial charge in [0.25, 0.3) is 0 Å². The maximum atomic E-state index is 6.69. The fourth-order valence-corrected chi connectivity index (χ4v) is 6.18. The first kappa shape index (κ1) is 20.8. The smallest absolute Gasteiger partial charge is 0.132 e. The highest BCUT2D eigenvalue weighted by atomic mass is 35.5. The van der Waals surface area contributed by atoms with Gasteiger partial charge in [-0.3, -0.25) is 0 Å². The van der Waals surface area contributed by atoms with Crippen molar-refractivity contribution in [1.82, 2.24) is 4.90 Å². The molecule has 146 valence electrons. The highest BCUT2D eigenvalue weighted by Crippen LogP contribution is 2.37. The molecule has 3 nitrogen and oxygen atoms in total. The maximum Gasteiger partial charge on any atom is 0.132 e. The molecule has 7 heteroatoms. The van der Waals surface area contributed by atoms with Crippen molar-refractivity contribution >= 4 is 46.4 Å². The number of quaternary nitrogens is 1. The molecule has 7 atom stereocenters. The minimum atomic E-state index is 0.109. The molecular formula is C18H31Cl4N2O+. The minimum Gasteiger partial charge on any atom is -0.376 e. The molecule has 3 fully saturated rings. The van der Waals surface area contributed by atoms with Crippen LogP contribution in [0.25, 0.3) is 0 Å². The lowest BCUT2D eigenvalue weighted by Crippen LogP contribution is -2.82. The molecule has 2 aliphatic carbocycles. The molecule has 3 rings (SSSR count). The van der Waals surface area contributed by atoms with Crippen LogP contribution in [0.15, 0.2) is 0 Å². The van der Waals surface area contributed by atoms with Crippen LogP contribution in [0, 0.1) is 11.8 Å². The first-order valence-electron chi connectivity index (χ1n) is 9.74. The van der Waals surface area contributed by atoms with Crippen LogP contribution in [-0.2, 0) is 4.74 Å². The lowest BCUT2D eigenvalue weighted by Gasteiger charge is -2.38. The quantitative estimate of drug-likeness (QED) is 0.652. The topological polar surface area (TPSA) is 29.1 Å². The summed E-state index contributed by atoms with van der Waals surface area (Å²) >= 11 is 25.8. The first-order valence-corrected chi connectivity index (χ1v) is 11.5.